The number of nitrogens with one attached hydrogen (secondary N) is 2. The molecule has 7 heteroatoms. The molecule has 0 spiro atoms. The largest absolute Gasteiger partial charge is 0.369 e. The summed E-state index contributed by atoms with van der Waals surface area (Å²) in [7, 11) is 0. The Labute approximate surface area is 143 Å². The number of nitrogens with two attached hydrogens (primary N) is 1. The molecule has 0 atom stereocenters. The highest BCUT2D eigenvalue weighted by atomic mass is 16.2. The Morgan fingerprint density at radius 1 is 1.21 bits per heavy atom. The van der Waals surface area contributed by atoms with E-state index in [1.165, 1.54) is 0 Å². The van der Waals surface area contributed by atoms with Gasteiger partial charge in [-0.3, -0.25) is 4.79 Å². The molecule has 1 aromatic rings. The van der Waals surface area contributed by atoms with E-state index < -0.39 is 0 Å². The van der Waals surface area contributed by atoms with Gasteiger partial charge < -0.3 is 21.3 Å². The van der Waals surface area contributed by atoms with E-state index in [0.29, 0.717) is 5.69 Å². The first-order chi connectivity index (χ1) is 11.5. The molecule has 132 valence electrons. The van der Waals surface area contributed by atoms with Crippen LogP contribution >= 0.6 is 0 Å². The van der Waals surface area contributed by atoms with Crippen molar-refractivity contribution in [1.29, 1.82) is 0 Å². The van der Waals surface area contributed by atoms with Crippen molar-refractivity contribution in [3.63, 3.8) is 0 Å². The van der Waals surface area contributed by atoms with Crippen LogP contribution in [-0.4, -0.2) is 36.1 Å². The van der Waals surface area contributed by atoms with E-state index in [2.05, 4.69) is 34.4 Å². The molecule has 1 aliphatic rings. The van der Waals surface area contributed by atoms with Gasteiger partial charge in [-0.25, -0.2) is 9.78 Å². The number of nitrogens with zero attached hydrogens (tertiary/aromatic N) is 2. The van der Waals surface area contributed by atoms with Crippen LogP contribution in [0.15, 0.2) is 18.3 Å². The molecule has 0 saturated heterocycles. The third-order valence-corrected chi connectivity index (χ3v) is 4.56. The smallest absolute Gasteiger partial charge is 0.319 e. The molecule has 1 fully saturated rings. The van der Waals surface area contributed by atoms with Crippen LogP contribution in [0.1, 0.15) is 39.5 Å². The average Bonchev–Trinajstić information content (AvgIpc) is 2.58. The zero-order valence-electron chi connectivity index (χ0n) is 14.4. The minimum Gasteiger partial charge on any atom is -0.369 e. The number of rotatable bonds is 6. The first-order valence-electron chi connectivity index (χ1n) is 8.61. The molecule has 1 aliphatic carbocycles. The van der Waals surface area contributed by atoms with Gasteiger partial charge in [-0.15, -0.1) is 0 Å². The van der Waals surface area contributed by atoms with Gasteiger partial charge in [0.15, 0.2) is 0 Å². The van der Waals surface area contributed by atoms with Crippen molar-refractivity contribution in [2.24, 2.45) is 11.7 Å². The number of amides is 3. The topological polar surface area (TPSA) is 100 Å². The van der Waals surface area contributed by atoms with Gasteiger partial charge in [-0.1, -0.05) is 0 Å². The third-order valence-electron chi connectivity index (χ3n) is 4.56. The Hall–Kier alpha value is -2.31. The monoisotopic (exact) mass is 333 g/mol. The quantitative estimate of drug-likeness (QED) is 0.742. The number of carbonyl (C=O) groups is 2. The normalized spacial score (nSPS) is 20.2. The van der Waals surface area contributed by atoms with Crippen molar-refractivity contribution < 1.29 is 9.59 Å². The van der Waals surface area contributed by atoms with Crippen LogP contribution in [-0.2, 0) is 4.79 Å². The number of aromatic nitrogens is 1. The van der Waals surface area contributed by atoms with Gasteiger partial charge in [-0.05, 0) is 51.7 Å². The van der Waals surface area contributed by atoms with E-state index in [4.69, 9.17) is 5.73 Å². The van der Waals surface area contributed by atoms with Gasteiger partial charge >= 0.3 is 6.03 Å². The molecule has 0 bridgehead atoms. The van der Waals surface area contributed by atoms with E-state index >= 15 is 0 Å². The summed E-state index contributed by atoms with van der Waals surface area (Å²) in [5.41, 5.74) is 5.98. The molecule has 1 heterocycles. The number of hydrogen-bond donors (Lipinski definition) is 3. The van der Waals surface area contributed by atoms with Gasteiger partial charge in [0.2, 0.25) is 5.91 Å². The lowest BCUT2D eigenvalue weighted by Crippen LogP contribution is -2.41. The standard InChI is InChI=1S/C17H27N5O2/c1-3-22(4-2)15-10-9-14(11-19-15)21-17(24)20-13-7-5-12(6-8-13)16(18)23/h9-13H,3-8H2,1-2H3,(H2,18,23)(H2,20,21,24). The Bertz CT molecular complexity index is 549. The maximum atomic E-state index is 12.1. The lowest BCUT2D eigenvalue weighted by Gasteiger charge is -2.27. The molecular formula is C17H27N5O2. The summed E-state index contributed by atoms with van der Waals surface area (Å²) >= 11 is 0. The Balaban J connectivity index is 1.81. The minimum atomic E-state index is -0.241. The zero-order valence-corrected chi connectivity index (χ0v) is 14.4. The molecule has 0 radical (unpaired) electrons. The van der Waals surface area contributed by atoms with Crippen LogP contribution < -0.4 is 21.3 Å². The van der Waals surface area contributed by atoms with Crippen LogP contribution in [0.3, 0.4) is 0 Å². The Morgan fingerprint density at radius 2 is 1.88 bits per heavy atom. The number of primary amides is 1. The van der Waals surface area contributed by atoms with Crippen LogP contribution in [0.5, 0.6) is 0 Å². The molecule has 1 aromatic heterocycles. The van der Waals surface area contributed by atoms with Crippen LogP contribution in [0.2, 0.25) is 0 Å². The van der Waals surface area contributed by atoms with Crippen molar-refractivity contribution in [3.05, 3.63) is 18.3 Å². The number of carbonyl (C=O) groups excluding carboxylic acids is 2. The molecule has 4 N–H and O–H groups in total. The van der Waals surface area contributed by atoms with Gasteiger partial charge in [0.25, 0.3) is 0 Å². The van der Waals surface area contributed by atoms with Crippen LogP contribution in [0.4, 0.5) is 16.3 Å². The van der Waals surface area contributed by atoms with Gasteiger partial charge in [0, 0.05) is 25.0 Å². The van der Waals surface area contributed by atoms with E-state index in [1.54, 1.807) is 6.20 Å². The molecule has 24 heavy (non-hydrogen) atoms. The number of hydrogen-bond acceptors (Lipinski definition) is 4. The summed E-state index contributed by atoms with van der Waals surface area (Å²) in [6.45, 7) is 5.95. The van der Waals surface area contributed by atoms with E-state index in [1.807, 2.05) is 12.1 Å². The average molecular weight is 333 g/mol. The zero-order chi connectivity index (χ0) is 17.5. The summed E-state index contributed by atoms with van der Waals surface area (Å²) in [6.07, 6.45) is 4.69. The summed E-state index contributed by atoms with van der Waals surface area (Å²) in [6, 6.07) is 3.60. The molecule has 1 saturated carbocycles. The fourth-order valence-corrected chi connectivity index (χ4v) is 3.07. The van der Waals surface area contributed by atoms with Crippen LogP contribution in [0, 0.1) is 5.92 Å². The van der Waals surface area contributed by atoms with E-state index in [9.17, 15) is 9.59 Å². The fraction of sp³-hybridized carbons (Fsp3) is 0.588. The number of anilines is 2. The summed E-state index contributed by atoms with van der Waals surface area (Å²) in [4.78, 5) is 29.8. The minimum absolute atomic E-state index is 0.0528. The maximum absolute atomic E-state index is 12.1. The van der Waals surface area contributed by atoms with Crippen molar-refractivity contribution in [1.82, 2.24) is 10.3 Å². The molecular weight excluding hydrogens is 306 g/mol. The lowest BCUT2D eigenvalue weighted by molar-refractivity contribution is -0.122. The fourth-order valence-electron chi connectivity index (χ4n) is 3.07. The van der Waals surface area contributed by atoms with E-state index in [-0.39, 0.29) is 23.9 Å². The lowest BCUT2D eigenvalue weighted by atomic mass is 9.86. The maximum Gasteiger partial charge on any atom is 0.319 e. The second-order valence-electron chi connectivity index (χ2n) is 6.13. The third kappa shape index (κ3) is 4.84. The van der Waals surface area contributed by atoms with Gasteiger partial charge in [0.1, 0.15) is 5.82 Å². The number of pyridine rings is 1. The Morgan fingerprint density at radius 3 is 2.38 bits per heavy atom. The first kappa shape index (κ1) is 18.0. The summed E-state index contributed by atoms with van der Waals surface area (Å²) in [5.74, 6) is 0.607. The van der Waals surface area contributed by atoms with Crippen molar-refractivity contribution >= 4 is 23.4 Å². The molecule has 0 aliphatic heterocycles. The first-order valence-corrected chi connectivity index (χ1v) is 8.61. The van der Waals surface area contributed by atoms with E-state index in [0.717, 1.165) is 44.6 Å². The molecule has 0 aromatic carbocycles. The highest BCUT2D eigenvalue weighted by Crippen LogP contribution is 2.24. The molecule has 7 nitrogen and oxygen atoms in total. The predicted molar refractivity (Wildman–Crippen MR) is 94.9 cm³/mol. The Kier molecular flexibility index (Phi) is 6.40. The van der Waals surface area contributed by atoms with Crippen molar-refractivity contribution in [3.8, 4) is 0 Å². The van der Waals surface area contributed by atoms with Crippen molar-refractivity contribution in [2.75, 3.05) is 23.3 Å². The SMILES string of the molecule is CCN(CC)c1ccc(NC(=O)NC2CCC(C(N)=O)CC2)cn1. The van der Waals surface area contributed by atoms with Crippen LogP contribution in [0.25, 0.3) is 0 Å². The second kappa shape index (κ2) is 8.52. The highest BCUT2D eigenvalue weighted by Gasteiger charge is 2.25. The second-order valence-corrected chi connectivity index (χ2v) is 6.13. The summed E-state index contributed by atoms with van der Waals surface area (Å²) in [5, 5.41) is 5.75. The molecule has 3 amide bonds. The number of urea groups is 1. The van der Waals surface area contributed by atoms with Gasteiger partial charge in [-0.2, -0.15) is 0 Å². The molecule has 2 rings (SSSR count). The van der Waals surface area contributed by atoms with Gasteiger partial charge in [0.05, 0.1) is 11.9 Å². The predicted octanol–water partition coefficient (Wildman–Crippen LogP) is 2.09. The van der Waals surface area contributed by atoms with Crippen molar-refractivity contribution in [2.45, 2.75) is 45.6 Å². The molecule has 0 unspecified atom stereocenters. The summed E-state index contributed by atoms with van der Waals surface area (Å²) < 4.78 is 0. The highest BCUT2D eigenvalue weighted by molar-refractivity contribution is 5.89.